The maximum absolute atomic E-state index is 12.2. The van der Waals surface area contributed by atoms with Gasteiger partial charge in [0.25, 0.3) is 5.91 Å². The fourth-order valence-corrected chi connectivity index (χ4v) is 2.38. The van der Waals surface area contributed by atoms with E-state index in [0.717, 1.165) is 22.4 Å². The molecule has 0 aliphatic rings. The molecule has 0 aliphatic heterocycles. The minimum absolute atomic E-state index is 0.0191. The third-order valence-electron chi connectivity index (χ3n) is 3.64. The van der Waals surface area contributed by atoms with Crippen molar-refractivity contribution in [3.63, 3.8) is 0 Å². The summed E-state index contributed by atoms with van der Waals surface area (Å²) < 4.78 is 0. The van der Waals surface area contributed by atoms with Crippen LogP contribution in [0.5, 0.6) is 0 Å². The summed E-state index contributed by atoms with van der Waals surface area (Å²) in [5.41, 5.74) is 4.40. The Morgan fingerprint density at radius 2 is 1.79 bits per heavy atom. The number of amides is 1. The highest BCUT2D eigenvalue weighted by Crippen LogP contribution is 2.21. The predicted molar refractivity (Wildman–Crippen MR) is 98.1 cm³/mol. The molecule has 24 heavy (non-hydrogen) atoms. The standard InChI is InChI=1S/C19H18ClN3O/c1-12-7-8-16(9-17(12)20)23-19(24)15(10-21)11-22-18-13(2)5-4-6-14(18)3/h4-9,11,22H,1-3H3,(H,23,24)/b15-11-. The number of aryl methyl sites for hydroxylation is 3. The number of carbonyl (C=O) groups excluding carboxylic acids is 1. The molecule has 0 heterocycles. The second kappa shape index (κ2) is 7.67. The number of halogens is 1. The molecule has 0 aliphatic carbocycles. The summed E-state index contributed by atoms with van der Waals surface area (Å²) in [5.74, 6) is -0.490. The van der Waals surface area contributed by atoms with Crippen LogP contribution in [-0.4, -0.2) is 5.91 Å². The summed E-state index contributed by atoms with van der Waals surface area (Å²) in [4.78, 5) is 12.2. The van der Waals surface area contributed by atoms with Gasteiger partial charge in [0.2, 0.25) is 0 Å². The lowest BCUT2D eigenvalue weighted by Gasteiger charge is -2.10. The van der Waals surface area contributed by atoms with E-state index in [1.807, 2.05) is 51.1 Å². The van der Waals surface area contributed by atoms with E-state index in [0.29, 0.717) is 10.7 Å². The molecule has 0 unspecified atom stereocenters. The molecule has 1 amide bonds. The molecular formula is C19H18ClN3O. The van der Waals surface area contributed by atoms with Crippen molar-refractivity contribution in [1.29, 1.82) is 5.26 Å². The number of nitrogens with zero attached hydrogens (tertiary/aromatic N) is 1. The number of nitrogens with one attached hydrogen (secondary N) is 2. The van der Waals surface area contributed by atoms with Gasteiger partial charge in [0.1, 0.15) is 11.6 Å². The Hall–Kier alpha value is -2.77. The maximum atomic E-state index is 12.2. The zero-order chi connectivity index (χ0) is 17.7. The summed E-state index contributed by atoms with van der Waals surface area (Å²) >= 11 is 6.04. The number of nitriles is 1. The van der Waals surface area contributed by atoms with Crippen LogP contribution in [0, 0.1) is 32.1 Å². The fourth-order valence-electron chi connectivity index (χ4n) is 2.20. The molecule has 2 N–H and O–H groups in total. The van der Waals surface area contributed by atoms with Gasteiger partial charge in [-0.1, -0.05) is 35.9 Å². The van der Waals surface area contributed by atoms with Gasteiger partial charge < -0.3 is 10.6 Å². The van der Waals surface area contributed by atoms with Crippen molar-refractivity contribution in [2.75, 3.05) is 10.6 Å². The van der Waals surface area contributed by atoms with Crippen LogP contribution in [0.4, 0.5) is 11.4 Å². The van der Waals surface area contributed by atoms with Gasteiger partial charge in [-0.25, -0.2) is 0 Å². The molecule has 2 rings (SSSR count). The monoisotopic (exact) mass is 339 g/mol. The summed E-state index contributed by atoms with van der Waals surface area (Å²) in [6.45, 7) is 5.80. The van der Waals surface area contributed by atoms with E-state index >= 15 is 0 Å². The Kier molecular flexibility index (Phi) is 5.62. The molecule has 0 saturated heterocycles. The van der Waals surface area contributed by atoms with E-state index in [-0.39, 0.29) is 5.57 Å². The minimum Gasteiger partial charge on any atom is -0.360 e. The second-order valence-electron chi connectivity index (χ2n) is 5.50. The molecule has 5 heteroatoms. The highest BCUT2D eigenvalue weighted by Gasteiger charge is 2.10. The first kappa shape index (κ1) is 17.6. The van der Waals surface area contributed by atoms with Crippen molar-refractivity contribution in [3.8, 4) is 6.07 Å². The van der Waals surface area contributed by atoms with Crippen LogP contribution in [0.25, 0.3) is 0 Å². The lowest BCUT2D eigenvalue weighted by atomic mass is 10.1. The van der Waals surface area contributed by atoms with E-state index in [4.69, 9.17) is 11.6 Å². The second-order valence-corrected chi connectivity index (χ2v) is 5.91. The maximum Gasteiger partial charge on any atom is 0.267 e. The SMILES string of the molecule is Cc1ccc(NC(=O)/C(C#N)=C\Nc2c(C)cccc2C)cc1Cl. The van der Waals surface area contributed by atoms with Crippen molar-refractivity contribution in [2.24, 2.45) is 0 Å². The van der Waals surface area contributed by atoms with Crippen LogP contribution < -0.4 is 10.6 Å². The molecule has 0 aromatic heterocycles. The van der Waals surface area contributed by atoms with Gasteiger partial charge in [-0.15, -0.1) is 0 Å². The van der Waals surface area contributed by atoms with Crippen LogP contribution in [0.3, 0.4) is 0 Å². The summed E-state index contributed by atoms with van der Waals surface area (Å²) in [6.07, 6.45) is 1.42. The van der Waals surface area contributed by atoms with Crippen LogP contribution in [0.2, 0.25) is 5.02 Å². The number of hydrogen-bond acceptors (Lipinski definition) is 3. The largest absolute Gasteiger partial charge is 0.360 e. The zero-order valence-corrected chi connectivity index (χ0v) is 14.5. The van der Waals surface area contributed by atoms with Gasteiger partial charge in [0, 0.05) is 22.6 Å². The number of benzene rings is 2. The molecule has 0 radical (unpaired) electrons. The normalized spacial score (nSPS) is 10.9. The van der Waals surface area contributed by atoms with E-state index in [9.17, 15) is 10.1 Å². The molecule has 0 spiro atoms. The smallest absolute Gasteiger partial charge is 0.267 e. The number of carbonyl (C=O) groups is 1. The van der Waals surface area contributed by atoms with E-state index in [2.05, 4.69) is 10.6 Å². The van der Waals surface area contributed by atoms with Crippen LogP contribution in [0.1, 0.15) is 16.7 Å². The van der Waals surface area contributed by atoms with Gasteiger partial charge in [-0.2, -0.15) is 5.26 Å². The minimum atomic E-state index is -0.490. The Labute approximate surface area is 146 Å². The molecule has 0 bridgehead atoms. The Balaban J connectivity index is 2.16. The Morgan fingerprint density at radius 1 is 1.12 bits per heavy atom. The molecule has 122 valence electrons. The van der Waals surface area contributed by atoms with Crippen molar-refractivity contribution in [2.45, 2.75) is 20.8 Å². The lowest BCUT2D eigenvalue weighted by molar-refractivity contribution is -0.112. The van der Waals surface area contributed by atoms with Gasteiger partial charge in [-0.05, 0) is 49.6 Å². The summed E-state index contributed by atoms with van der Waals surface area (Å²) in [6, 6.07) is 13.0. The van der Waals surface area contributed by atoms with Gasteiger partial charge in [-0.3, -0.25) is 4.79 Å². The zero-order valence-electron chi connectivity index (χ0n) is 13.8. The first-order valence-electron chi connectivity index (χ1n) is 7.43. The third-order valence-corrected chi connectivity index (χ3v) is 4.04. The highest BCUT2D eigenvalue weighted by molar-refractivity contribution is 6.31. The van der Waals surface area contributed by atoms with Crippen molar-refractivity contribution in [1.82, 2.24) is 0 Å². The lowest BCUT2D eigenvalue weighted by Crippen LogP contribution is -2.14. The Morgan fingerprint density at radius 3 is 2.38 bits per heavy atom. The molecule has 0 atom stereocenters. The average molecular weight is 340 g/mol. The van der Waals surface area contributed by atoms with Crippen molar-refractivity contribution >= 4 is 28.9 Å². The topological polar surface area (TPSA) is 64.9 Å². The van der Waals surface area contributed by atoms with E-state index in [1.165, 1.54) is 6.20 Å². The number of rotatable bonds is 4. The number of para-hydroxylation sites is 1. The average Bonchev–Trinajstić information content (AvgIpc) is 2.54. The number of anilines is 2. The molecule has 2 aromatic rings. The third kappa shape index (κ3) is 4.15. The van der Waals surface area contributed by atoms with Gasteiger partial charge >= 0.3 is 0 Å². The first-order chi connectivity index (χ1) is 11.4. The molecule has 2 aromatic carbocycles. The van der Waals surface area contributed by atoms with Gasteiger partial charge in [0.05, 0.1) is 0 Å². The number of hydrogen-bond donors (Lipinski definition) is 2. The molecule has 0 saturated carbocycles. The van der Waals surface area contributed by atoms with Crippen LogP contribution in [-0.2, 0) is 4.79 Å². The van der Waals surface area contributed by atoms with E-state index in [1.54, 1.807) is 12.1 Å². The molecule has 0 fully saturated rings. The highest BCUT2D eigenvalue weighted by atomic mass is 35.5. The quantitative estimate of drug-likeness (QED) is 0.625. The van der Waals surface area contributed by atoms with Crippen molar-refractivity contribution in [3.05, 3.63) is 69.9 Å². The fraction of sp³-hybridized carbons (Fsp3) is 0.158. The van der Waals surface area contributed by atoms with Crippen LogP contribution in [0.15, 0.2) is 48.2 Å². The summed E-state index contributed by atoms with van der Waals surface area (Å²) in [7, 11) is 0. The summed E-state index contributed by atoms with van der Waals surface area (Å²) in [5, 5.41) is 15.5. The predicted octanol–water partition coefficient (Wildman–Crippen LogP) is 4.72. The van der Waals surface area contributed by atoms with Crippen LogP contribution >= 0.6 is 11.6 Å². The van der Waals surface area contributed by atoms with Crippen molar-refractivity contribution < 1.29 is 4.79 Å². The molecular weight excluding hydrogens is 322 g/mol. The Bertz CT molecular complexity index is 830. The first-order valence-corrected chi connectivity index (χ1v) is 7.80. The van der Waals surface area contributed by atoms with E-state index < -0.39 is 5.91 Å². The van der Waals surface area contributed by atoms with Gasteiger partial charge in [0.15, 0.2) is 0 Å². The molecule has 4 nitrogen and oxygen atoms in total.